The number of aromatic nitrogens is 2. The third kappa shape index (κ3) is 5.72. The Morgan fingerprint density at radius 1 is 1.52 bits per heavy atom. The summed E-state index contributed by atoms with van der Waals surface area (Å²) in [5, 5.41) is 10.2. The first-order valence-corrected chi connectivity index (χ1v) is 7.09. The summed E-state index contributed by atoms with van der Waals surface area (Å²) in [5.74, 6) is 2.76. The van der Waals surface area contributed by atoms with E-state index in [2.05, 4.69) is 20.3 Å². The fourth-order valence-electron chi connectivity index (χ4n) is 1.62. The summed E-state index contributed by atoms with van der Waals surface area (Å²) in [6.07, 6.45) is 7.28. The highest BCUT2D eigenvalue weighted by molar-refractivity contribution is 6.28. The molecule has 0 saturated heterocycles. The number of anilines is 1. The lowest BCUT2D eigenvalue weighted by molar-refractivity contribution is 0.287. The van der Waals surface area contributed by atoms with E-state index in [9.17, 15) is 0 Å². The molecule has 6 heteroatoms. The number of ether oxygens (including phenoxy) is 1. The van der Waals surface area contributed by atoms with Crippen molar-refractivity contribution in [3.8, 4) is 5.88 Å². The monoisotopic (exact) mass is 287 g/mol. The zero-order chi connectivity index (χ0) is 15.1. The second-order valence-corrected chi connectivity index (χ2v) is 5.07. The molecule has 21 heavy (non-hydrogen) atoms. The van der Waals surface area contributed by atoms with Gasteiger partial charge in [-0.15, -0.1) is 0 Å². The average molecular weight is 287 g/mol. The third-order valence-electron chi connectivity index (χ3n) is 2.97. The van der Waals surface area contributed by atoms with Gasteiger partial charge in [0.15, 0.2) is 0 Å². The maximum absolute atomic E-state index is 7.01. The van der Waals surface area contributed by atoms with Crippen molar-refractivity contribution in [1.29, 1.82) is 5.41 Å². The van der Waals surface area contributed by atoms with Crippen molar-refractivity contribution in [3.05, 3.63) is 24.2 Å². The third-order valence-corrected chi connectivity index (χ3v) is 2.97. The zero-order valence-electron chi connectivity index (χ0n) is 12.5. The lowest BCUT2D eigenvalue weighted by Gasteiger charge is -2.08. The molecule has 0 bridgehead atoms. The highest BCUT2D eigenvalue weighted by Crippen LogP contribution is 2.29. The molecule has 0 atom stereocenters. The topological polar surface area (TPSA) is 83.2 Å². The lowest BCUT2D eigenvalue weighted by atomic mass is 10.4. The van der Waals surface area contributed by atoms with Crippen molar-refractivity contribution >= 4 is 17.7 Å². The van der Waals surface area contributed by atoms with E-state index in [1.807, 2.05) is 19.1 Å². The second-order valence-electron chi connectivity index (χ2n) is 5.07. The van der Waals surface area contributed by atoms with E-state index < -0.39 is 0 Å². The van der Waals surface area contributed by atoms with Crippen molar-refractivity contribution in [2.24, 2.45) is 10.9 Å². The van der Waals surface area contributed by atoms with E-state index in [0.29, 0.717) is 29.9 Å². The van der Waals surface area contributed by atoms with E-state index in [4.69, 9.17) is 10.1 Å². The molecule has 0 aliphatic heterocycles. The molecule has 1 aromatic heterocycles. The van der Waals surface area contributed by atoms with Gasteiger partial charge < -0.3 is 15.5 Å². The Morgan fingerprint density at radius 3 is 3.05 bits per heavy atom. The fourth-order valence-corrected chi connectivity index (χ4v) is 1.62. The molecule has 0 aromatic carbocycles. The first-order valence-electron chi connectivity index (χ1n) is 7.09. The molecule has 1 saturated carbocycles. The number of nitrogens with zero attached hydrogens (tertiary/aromatic N) is 3. The van der Waals surface area contributed by atoms with Crippen LogP contribution in [0.25, 0.3) is 0 Å². The summed E-state index contributed by atoms with van der Waals surface area (Å²) in [7, 11) is 0. The minimum absolute atomic E-state index is 0.604. The Hall–Kier alpha value is -2.24. The van der Waals surface area contributed by atoms with Crippen LogP contribution in [0, 0.1) is 18.3 Å². The van der Waals surface area contributed by atoms with Crippen LogP contribution in [0.5, 0.6) is 5.88 Å². The lowest BCUT2D eigenvalue weighted by Crippen LogP contribution is -2.06. The van der Waals surface area contributed by atoms with Crippen molar-refractivity contribution in [2.45, 2.75) is 26.7 Å². The molecule has 1 fully saturated rings. The Bertz CT molecular complexity index is 549. The van der Waals surface area contributed by atoms with Gasteiger partial charge in [0.25, 0.3) is 0 Å². The maximum Gasteiger partial charge on any atom is 0.218 e. The van der Waals surface area contributed by atoms with Gasteiger partial charge in [0, 0.05) is 25.0 Å². The highest BCUT2D eigenvalue weighted by Gasteiger charge is 2.22. The molecule has 112 valence electrons. The standard InChI is InChI=1S/C15H21N5O/c1-11(9-16)17-6-3-7-18-14-8-15(20-12(2)19-14)21-10-13-4-5-13/h3,6,8-9,13,16H,4-5,7,10H2,1-2H3,(H,18,19,20)/b6-3+,16-9?,17-11?. The molecular formula is C15H21N5O. The largest absolute Gasteiger partial charge is 0.477 e. The summed E-state index contributed by atoms with van der Waals surface area (Å²) in [5.41, 5.74) is 0.667. The molecule has 1 aromatic rings. The Balaban J connectivity index is 1.85. The van der Waals surface area contributed by atoms with Gasteiger partial charge in [0.2, 0.25) is 5.88 Å². The van der Waals surface area contributed by atoms with Gasteiger partial charge in [-0.05, 0) is 38.7 Å². The molecule has 0 unspecified atom stereocenters. The van der Waals surface area contributed by atoms with Crippen LogP contribution in [0.1, 0.15) is 25.6 Å². The molecule has 0 amide bonds. The minimum atomic E-state index is 0.604. The van der Waals surface area contributed by atoms with Crippen LogP contribution in [0.3, 0.4) is 0 Å². The van der Waals surface area contributed by atoms with Gasteiger partial charge in [0.1, 0.15) is 11.6 Å². The van der Waals surface area contributed by atoms with Crippen LogP contribution in [-0.2, 0) is 0 Å². The maximum atomic E-state index is 7.01. The first-order chi connectivity index (χ1) is 10.2. The van der Waals surface area contributed by atoms with Crippen LogP contribution < -0.4 is 10.1 Å². The predicted octanol–water partition coefficient (Wildman–Crippen LogP) is 2.61. The first kappa shape index (κ1) is 15.2. The van der Waals surface area contributed by atoms with E-state index in [0.717, 1.165) is 12.4 Å². The van der Waals surface area contributed by atoms with Crippen LogP contribution in [0.4, 0.5) is 5.82 Å². The number of hydrogen-bond acceptors (Lipinski definition) is 6. The number of hydrogen-bond donors (Lipinski definition) is 2. The molecule has 6 nitrogen and oxygen atoms in total. The number of rotatable bonds is 8. The van der Waals surface area contributed by atoms with E-state index in [1.165, 1.54) is 19.1 Å². The predicted molar refractivity (Wildman–Crippen MR) is 84.5 cm³/mol. The van der Waals surface area contributed by atoms with Crippen molar-refractivity contribution in [2.75, 3.05) is 18.5 Å². The van der Waals surface area contributed by atoms with E-state index >= 15 is 0 Å². The molecule has 0 spiro atoms. The van der Waals surface area contributed by atoms with Crippen molar-refractivity contribution in [3.63, 3.8) is 0 Å². The molecule has 2 N–H and O–H groups in total. The smallest absolute Gasteiger partial charge is 0.218 e. The fraction of sp³-hybridized carbons (Fsp3) is 0.467. The zero-order valence-corrected chi connectivity index (χ0v) is 12.5. The summed E-state index contributed by atoms with van der Waals surface area (Å²) >= 11 is 0. The Morgan fingerprint density at radius 2 is 2.33 bits per heavy atom. The number of aryl methyl sites for hydroxylation is 1. The molecule has 1 heterocycles. The normalized spacial score (nSPS) is 15.2. The van der Waals surface area contributed by atoms with Gasteiger partial charge >= 0.3 is 0 Å². The summed E-state index contributed by atoms with van der Waals surface area (Å²) < 4.78 is 5.67. The molecule has 1 aliphatic rings. The Kier molecular flexibility index (Phi) is 5.43. The number of aliphatic imine (C=N–C) groups is 1. The van der Waals surface area contributed by atoms with Crippen molar-refractivity contribution in [1.82, 2.24) is 9.97 Å². The van der Waals surface area contributed by atoms with Crippen LogP contribution >= 0.6 is 0 Å². The second kappa shape index (κ2) is 7.52. The van der Waals surface area contributed by atoms with Gasteiger partial charge in [-0.25, -0.2) is 4.98 Å². The quantitative estimate of drug-likeness (QED) is 0.720. The van der Waals surface area contributed by atoms with Gasteiger partial charge in [-0.2, -0.15) is 4.98 Å². The van der Waals surface area contributed by atoms with Crippen molar-refractivity contribution < 1.29 is 4.74 Å². The van der Waals surface area contributed by atoms with Gasteiger partial charge in [-0.3, -0.25) is 4.99 Å². The van der Waals surface area contributed by atoms with E-state index in [1.54, 1.807) is 13.1 Å². The summed E-state index contributed by atoms with van der Waals surface area (Å²) in [6.45, 7) is 4.98. The summed E-state index contributed by atoms with van der Waals surface area (Å²) in [4.78, 5) is 12.7. The number of nitrogens with one attached hydrogen (secondary N) is 2. The molecule has 0 radical (unpaired) electrons. The Labute approximate surface area is 124 Å². The minimum Gasteiger partial charge on any atom is -0.477 e. The van der Waals surface area contributed by atoms with Crippen LogP contribution in [0.15, 0.2) is 23.3 Å². The van der Waals surface area contributed by atoms with Gasteiger partial charge in [0.05, 0.1) is 12.3 Å². The van der Waals surface area contributed by atoms with Crippen LogP contribution in [0.2, 0.25) is 0 Å². The highest BCUT2D eigenvalue weighted by atomic mass is 16.5. The summed E-state index contributed by atoms with van der Waals surface area (Å²) in [6, 6.07) is 1.81. The van der Waals surface area contributed by atoms with Crippen LogP contribution in [-0.4, -0.2) is 35.0 Å². The molecule has 2 rings (SSSR count). The molecular weight excluding hydrogens is 266 g/mol. The molecule has 1 aliphatic carbocycles. The SMILES string of the molecule is CC(C=N)=N/C=C/CNc1cc(OCC2CC2)nc(C)n1. The average Bonchev–Trinajstić information content (AvgIpc) is 3.28. The van der Waals surface area contributed by atoms with Gasteiger partial charge in [-0.1, -0.05) is 0 Å². The van der Waals surface area contributed by atoms with E-state index in [-0.39, 0.29) is 0 Å².